The van der Waals surface area contributed by atoms with E-state index < -0.39 is 0 Å². The summed E-state index contributed by atoms with van der Waals surface area (Å²) >= 11 is 5.78. The molecule has 2 aliphatic rings. The third-order valence-electron chi connectivity index (χ3n) is 5.57. The van der Waals surface area contributed by atoms with Gasteiger partial charge in [-0.15, -0.1) is 0 Å². The summed E-state index contributed by atoms with van der Waals surface area (Å²) in [5.74, 6) is 0.587. The summed E-state index contributed by atoms with van der Waals surface area (Å²) in [6, 6.07) is 17.7. The molecule has 0 aromatic heterocycles. The lowest BCUT2D eigenvalue weighted by Gasteiger charge is -2.10. The molecule has 3 heteroatoms. The van der Waals surface area contributed by atoms with E-state index in [0.29, 0.717) is 5.78 Å². The Labute approximate surface area is 154 Å². The normalized spacial score (nSPS) is 18.5. The molecule has 2 aromatic carbocycles. The summed E-state index contributed by atoms with van der Waals surface area (Å²) < 4.78 is 0. The van der Waals surface area contributed by atoms with Gasteiger partial charge in [0, 0.05) is 5.02 Å². The number of carbonyl (C=O) groups excluding carboxylic acids is 2. The fourth-order valence-electron chi connectivity index (χ4n) is 3.46. The average Bonchev–Trinajstić information content (AvgIpc) is 3.49. The van der Waals surface area contributed by atoms with Gasteiger partial charge in [-0.1, -0.05) is 54.1 Å². The maximum atomic E-state index is 11.4. The van der Waals surface area contributed by atoms with Crippen LogP contribution in [0.3, 0.4) is 0 Å². The Morgan fingerprint density at radius 3 is 1.48 bits per heavy atom. The molecule has 130 valence electrons. The van der Waals surface area contributed by atoms with E-state index in [1.54, 1.807) is 13.8 Å². The third-order valence-corrected chi connectivity index (χ3v) is 5.82. The van der Waals surface area contributed by atoms with Crippen LogP contribution in [0.25, 0.3) is 0 Å². The van der Waals surface area contributed by atoms with Gasteiger partial charge in [0.05, 0.1) is 10.8 Å². The van der Waals surface area contributed by atoms with Crippen molar-refractivity contribution < 1.29 is 9.59 Å². The van der Waals surface area contributed by atoms with E-state index in [2.05, 4.69) is 12.1 Å². The van der Waals surface area contributed by atoms with Crippen LogP contribution in [-0.2, 0) is 20.4 Å². The first kappa shape index (κ1) is 17.9. The molecule has 2 saturated carbocycles. The molecule has 4 rings (SSSR count). The molecule has 0 radical (unpaired) electrons. The van der Waals surface area contributed by atoms with Gasteiger partial charge in [0.1, 0.15) is 11.6 Å². The summed E-state index contributed by atoms with van der Waals surface area (Å²) in [4.78, 5) is 22.7. The first-order valence-electron chi connectivity index (χ1n) is 8.74. The molecule has 0 unspecified atom stereocenters. The molecule has 0 atom stereocenters. The number of carbonyl (C=O) groups is 2. The van der Waals surface area contributed by atoms with Crippen LogP contribution in [0.15, 0.2) is 54.6 Å². The van der Waals surface area contributed by atoms with Crippen molar-refractivity contribution in [3.63, 3.8) is 0 Å². The topological polar surface area (TPSA) is 34.1 Å². The van der Waals surface area contributed by atoms with Crippen LogP contribution < -0.4 is 0 Å². The van der Waals surface area contributed by atoms with Crippen LogP contribution in [0.5, 0.6) is 0 Å². The number of benzene rings is 2. The lowest BCUT2D eigenvalue weighted by Crippen LogP contribution is -2.16. The summed E-state index contributed by atoms with van der Waals surface area (Å²) in [5, 5.41) is 0.725. The highest BCUT2D eigenvalue weighted by Crippen LogP contribution is 2.49. The molecule has 0 aliphatic heterocycles. The van der Waals surface area contributed by atoms with Gasteiger partial charge >= 0.3 is 0 Å². The second-order valence-electron chi connectivity index (χ2n) is 7.15. The van der Waals surface area contributed by atoms with Crippen LogP contribution in [0, 0.1) is 0 Å². The van der Waals surface area contributed by atoms with Crippen LogP contribution in [0.2, 0.25) is 5.02 Å². The Morgan fingerprint density at radius 2 is 1.12 bits per heavy atom. The Bertz CT molecular complexity index is 769. The van der Waals surface area contributed by atoms with Gasteiger partial charge in [0.15, 0.2) is 0 Å². The molecular formula is C22H23ClO2. The zero-order chi connectivity index (χ0) is 18.1. The summed E-state index contributed by atoms with van der Waals surface area (Å²) in [6.07, 6.45) is 4.05. The minimum absolute atomic E-state index is 0.0960. The lowest BCUT2D eigenvalue weighted by molar-refractivity contribution is -0.120. The molecule has 2 aromatic rings. The minimum atomic E-state index is -0.162. The van der Waals surface area contributed by atoms with Crippen molar-refractivity contribution >= 4 is 23.2 Å². The van der Waals surface area contributed by atoms with Crippen molar-refractivity contribution in [1.29, 1.82) is 0 Å². The highest BCUT2D eigenvalue weighted by atomic mass is 35.5. The van der Waals surface area contributed by atoms with E-state index in [9.17, 15) is 9.59 Å². The van der Waals surface area contributed by atoms with E-state index in [-0.39, 0.29) is 16.6 Å². The first-order valence-corrected chi connectivity index (χ1v) is 9.12. The van der Waals surface area contributed by atoms with Crippen molar-refractivity contribution in [3.05, 3.63) is 70.7 Å². The van der Waals surface area contributed by atoms with Crippen LogP contribution in [-0.4, -0.2) is 11.6 Å². The van der Waals surface area contributed by atoms with Gasteiger partial charge in [0.25, 0.3) is 0 Å². The third kappa shape index (κ3) is 3.55. The number of rotatable bonds is 4. The maximum absolute atomic E-state index is 11.4. The second kappa shape index (κ2) is 6.76. The van der Waals surface area contributed by atoms with Crippen LogP contribution in [0.4, 0.5) is 0 Å². The van der Waals surface area contributed by atoms with Crippen LogP contribution >= 0.6 is 11.6 Å². The quantitative estimate of drug-likeness (QED) is 0.749. The van der Waals surface area contributed by atoms with Crippen molar-refractivity contribution in [2.24, 2.45) is 0 Å². The molecule has 0 bridgehead atoms. The lowest BCUT2D eigenvalue weighted by atomic mass is 9.92. The Hall–Kier alpha value is -1.93. The van der Waals surface area contributed by atoms with Gasteiger partial charge in [-0.3, -0.25) is 9.59 Å². The number of hydrogen-bond donors (Lipinski definition) is 0. The average molecular weight is 355 g/mol. The van der Waals surface area contributed by atoms with E-state index in [0.717, 1.165) is 36.3 Å². The molecule has 2 aliphatic carbocycles. The first-order chi connectivity index (χ1) is 11.9. The highest BCUT2D eigenvalue weighted by molar-refractivity contribution is 6.30. The fourth-order valence-corrected chi connectivity index (χ4v) is 3.59. The van der Waals surface area contributed by atoms with Crippen molar-refractivity contribution in [2.45, 2.75) is 50.4 Å². The van der Waals surface area contributed by atoms with E-state index >= 15 is 0 Å². The Morgan fingerprint density at radius 1 is 0.720 bits per heavy atom. The van der Waals surface area contributed by atoms with Gasteiger partial charge in [-0.05, 0) is 62.8 Å². The van der Waals surface area contributed by atoms with E-state index in [4.69, 9.17) is 11.6 Å². The molecule has 2 fully saturated rings. The number of ketones is 2. The number of hydrogen-bond acceptors (Lipinski definition) is 2. The van der Waals surface area contributed by atoms with Gasteiger partial charge in [0.2, 0.25) is 0 Å². The fraction of sp³-hybridized carbons (Fsp3) is 0.364. The van der Waals surface area contributed by atoms with Gasteiger partial charge in [-0.2, -0.15) is 0 Å². The molecule has 0 spiro atoms. The predicted molar refractivity (Wildman–Crippen MR) is 101 cm³/mol. The minimum Gasteiger partial charge on any atom is -0.299 e. The van der Waals surface area contributed by atoms with E-state index in [1.165, 1.54) is 5.56 Å². The smallest absolute Gasteiger partial charge is 0.140 e. The largest absolute Gasteiger partial charge is 0.299 e. The highest BCUT2D eigenvalue weighted by Gasteiger charge is 2.49. The van der Waals surface area contributed by atoms with Crippen molar-refractivity contribution in [1.82, 2.24) is 0 Å². The monoisotopic (exact) mass is 354 g/mol. The van der Waals surface area contributed by atoms with Crippen molar-refractivity contribution in [3.8, 4) is 0 Å². The molecule has 0 amide bonds. The van der Waals surface area contributed by atoms with Crippen LogP contribution in [0.1, 0.15) is 50.7 Å². The van der Waals surface area contributed by atoms with Gasteiger partial charge < -0.3 is 0 Å². The summed E-state index contributed by atoms with van der Waals surface area (Å²) in [5.41, 5.74) is 2.05. The Balaban J connectivity index is 0.000000146. The van der Waals surface area contributed by atoms with Crippen molar-refractivity contribution in [2.75, 3.05) is 0 Å². The molecule has 0 heterocycles. The molecule has 25 heavy (non-hydrogen) atoms. The molecular weight excluding hydrogens is 332 g/mol. The van der Waals surface area contributed by atoms with Gasteiger partial charge in [-0.25, -0.2) is 0 Å². The number of Topliss-reactive ketones (excluding diaryl/α,β-unsaturated/α-hetero) is 2. The molecule has 0 N–H and O–H groups in total. The zero-order valence-electron chi connectivity index (χ0n) is 14.7. The predicted octanol–water partition coefficient (Wildman–Crippen LogP) is 5.27. The SMILES string of the molecule is CC(=O)C1(c2ccc(Cl)cc2)CC1.CC(=O)C1(c2ccccc2)CC1. The second-order valence-corrected chi connectivity index (χ2v) is 7.59. The standard InChI is InChI=1S/C11H11ClO.C11H12O/c1-8(13)11(6-7-11)9-2-4-10(12)5-3-9;1-9(12)11(7-8-11)10-5-3-2-4-6-10/h2-5H,6-7H2,1H3;2-6H,7-8H2,1H3. The summed E-state index contributed by atoms with van der Waals surface area (Å²) in [7, 11) is 0. The summed E-state index contributed by atoms with van der Waals surface area (Å²) in [6.45, 7) is 3.36. The number of halogens is 1. The maximum Gasteiger partial charge on any atom is 0.140 e. The molecule has 0 saturated heterocycles. The Kier molecular flexibility index (Phi) is 4.83. The molecule has 2 nitrogen and oxygen atoms in total. The zero-order valence-corrected chi connectivity index (χ0v) is 15.5. The van der Waals surface area contributed by atoms with E-state index in [1.807, 2.05) is 42.5 Å².